The van der Waals surface area contributed by atoms with Crippen molar-refractivity contribution in [2.24, 2.45) is 4.76 Å². The first-order valence-corrected chi connectivity index (χ1v) is 11.1. The van der Waals surface area contributed by atoms with Crippen LogP contribution in [0, 0.1) is 0 Å². The Kier molecular flexibility index (Phi) is 10.6. The summed E-state index contributed by atoms with van der Waals surface area (Å²) in [5.74, 6) is -0.0170. The van der Waals surface area contributed by atoms with Gasteiger partial charge in [0, 0.05) is 14.2 Å². The van der Waals surface area contributed by atoms with Crippen molar-refractivity contribution in [3.05, 3.63) is 0 Å². The Morgan fingerprint density at radius 1 is 0.958 bits per heavy atom. The molecule has 0 aliphatic heterocycles. The Morgan fingerprint density at radius 3 is 1.71 bits per heavy atom. The fourth-order valence-electron chi connectivity index (χ4n) is 1.91. The summed E-state index contributed by atoms with van der Waals surface area (Å²) < 4.78 is 56.0. The van der Waals surface area contributed by atoms with Crippen LogP contribution in [0.1, 0.15) is 48.0 Å². The van der Waals surface area contributed by atoms with Crippen LogP contribution in [0.5, 0.6) is 0 Å². The van der Waals surface area contributed by atoms with Crippen LogP contribution in [0.15, 0.2) is 4.76 Å². The molecule has 10 heteroatoms. The fourth-order valence-corrected chi connectivity index (χ4v) is 5.12. The minimum atomic E-state index is -3.74. The van der Waals surface area contributed by atoms with E-state index in [1.165, 1.54) is 14.2 Å². The molecule has 0 heterocycles. The standard InChI is InChI=1S/C14H31NO7P2/c1-9-13(23(16,21-11(3)4)22-12(5)6)14(20-10-2)15-24(17,18-7)19-8/h11-13H,9-10H2,1-8H3. The monoisotopic (exact) mass is 387 g/mol. The highest BCUT2D eigenvalue weighted by Gasteiger charge is 2.42. The quantitative estimate of drug-likeness (QED) is 0.289. The Hall–Kier alpha value is -0.230. The van der Waals surface area contributed by atoms with Gasteiger partial charge in [-0.1, -0.05) is 6.92 Å². The number of nitrogens with zero attached hydrogens (tertiary/aromatic N) is 1. The van der Waals surface area contributed by atoms with Gasteiger partial charge in [0.1, 0.15) is 5.66 Å². The predicted octanol–water partition coefficient (Wildman–Crippen LogP) is 4.64. The molecule has 8 nitrogen and oxygen atoms in total. The van der Waals surface area contributed by atoms with Crippen LogP contribution >= 0.6 is 15.3 Å². The van der Waals surface area contributed by atoms with Crippen LogP contribution in [0.2, 0.25) is 0 Å². The SMILES string of the molecule is CCOC(=NP(=O)(OC)OC)C(CC)P(=O)(OC(C)C)OC(C)C. The maximum Gasteiger partial charge on any atom is 0.456 e. The van der Waals surface area contributed by atoms with Crippen molar-refractivity contribution >= 4 is 21.2 Å². The molecule has 0 rings (SSSR count). The third-order valence-corrected chi connectivity index (χ3v) is 6.89. The molecule has 0 aromatic carbocycles. The first-order chi connectivity index (χ1) is 11.1. The highest BCUT2D eigenvalue weighted by atomic mass is 31.2. The largest absolute Gasteiger partial charge is 0.480 e. The Bertz CT molecular complexity index is 472. The smallest absolute Gasteiger partial charge is 0.456 e. The molecule has 0 radical (unpaired) electrons. The van der Waals surface area contributed by atoms with E-state index in [1.54, 1.807) is 41.5 Å². The second-order valence-electron chi connectivity index (χ2n) is 5.48. The molecule has 0 saturated carbocycles. The van der Waals surface area contributed by atoms with E-state index in [-0.39, 0.29) is 24.7 Å². The van der Waals surface area contributed by atoms with E-state index in [0.29, 0.717) is 6.42 Å². The molecule has 0 aromatic heterocycles. The number of ether oxygens (including phenoxy) is 1. The molecule has 0 spiro atoms. The van der Waals surface area contributed by atoms with Gasteiger partial charge in [0.15, 0.2) is 0 Å². The molecule has 0 aliphatic carbocycles. The third-order valence-electron chi connectivity index (χ3n) is 2.74. The summed E-state index contributed by atoms with van der Waals surface area (Å²) in [7, 11) is -4.93. The maximum absolute atomic E-state index is 13.4. The zero-order chi connectivity index (χ0) is 19.0. The second kappa shape index (κ2) is 10.7. The van der Waals surface area contributed by atoms with E-state index in [1.807, 2.05) is 0 Å². The maximum atomic E-state index is 13.4. The molecule has 0 bridgehead atoms. The van der Waals surface area contributed by atoms with E-state index in [4.69, 9.17) is 22.8 Å². The van der Waals surface area contributed by atoms with Crippen molar-refractivity contribution in [2.45, 2.75) is 65.8 Å². The average Bonchev–Trinajstić information content (AvgIpc) is 2.45. The molecule has 1 atom stereocenters. The number of hydrogen-bond donors (Lipinski definition) is 0. The molecule has 0 amide bonds. The molecule has 1 unspecified atom stereocenters. The first-order valence-electron chi connectivity index (χ1n) is 7.98. The molecule has 0 aliphatic rings. The van der Waals surface area contributed by atoms with Crippen molar-refractivity contribution in [1.82, 2.24) is 0 Å². The van der Waals surface area contributed by atoms with Crippen LogP contribution in [0.4, 0.5) is 0 Å². The molecule has 0 saturated heterocycles. The lowest BCUT2D eigenvalue weighted by molar-refractivity contribution is 0.138. The Morgan fingerprint density at radius 2 is 1.42 bits per heavy atom. The zero-order valence-corrected chi connectivity index (χ0v) is 17.6. The summed E-state index contributed by atoms with van der Waals surface area (Å²) in [6.45, 7) is 10.8. The summed E-state index contributed by atoms with van der Waals surface area (Å²) in [6.07, 6.45) is -0.311. The van der Waals surface area contributed by atoms with Gasteiger partial charge in [0.05, 0.1) is 18.8 Å². The van der Waals surface area contributed by atoms with Gasteiger partial charge < -0.3 is 13.8 Å². The normalized spacial score (nSPS) is 15.2. The molecule has 0 fully saturated rings. The van der Waals surface area contributed by atoms with Gasteiger partial charge in [-0.2, -0.15) is 0 Å². The molecule has 0 aromatic rings. The van der Waals surface area contributed by atoms with E-state index in [9.17, 15) is 9.13 Å². The van der Waals surface area contributed by atoms with Crippen LogP contribution in [0.25, 0.3) is 0 Å². The second-order valence-corrected chi connectivity index (χ2v) is 9.47. The molecular formula is C14H31NO7P2. The average molecular weight is 387 g/mol. The van der Waals surface area contributed by atoms with E-state index < -0.39 is 21.0 Å². The van der Waals surface area contributed by atoms with Gasteiger partial charge in [0.2, 0.25) is 5.90 Å². The minimum Gasteiger partial charge on any atom is -0.480 e. The Balaban J connectivity index is 6.02. The van der Waals surface area contributed by atoms with E-state index in [2.05, 4.69) is 4.76 Å². The van der Waals surface area contributed by atoms with Crippen LogP contribution < -0.4 is 0 Å². The lowest BCUT2D eigenvalue weighted by Gasteiger charge is -2.29. The van der Waals surface area contributed by atoms with Gasteiger partial charge in [-0.05, 0) is 41.0 Å². The molecular weight excluding hydrogens is 356 g/mol. The topological polar surface area (TPSA) is 92.7 Å². The zero-order valence-electron chi connectivity index (χ0n) is 15.8. The van der Waals surface area contributed by atoms with Gasteiger partial charge >= 0.3 is 15.3 Å². The molecule has 144 valence electrons. The summed E-state index contributed by atoms with van der Waals surface area (Å²) in [5, 5.41) is 0. The minimum absolute atomic E-state index is 0.0170. The van der Waals surface area contributed by atoms with Crippen molar-refractivity contribution in [2.75, 3.05) is 20.8 Å². The molecule has 0 N–H and O–H groups in total. The summed E-state index contributed by atoms with van der Waals surface area (Å²) >= 11 is 0. The Labute approximate surface area is 145 Å². The van der Waals surface area contributed by atoms with Gasteiger partial charge in [-0.15, -0.1) is 4.76 Å². The third kappa shape index (κ3) is 7.34. The van der Waals surface area contributed by atoms with E-state index >= 15 is 0 Å². The van der Waals surface area contributed by atoms with Crippen LogP contribution in [0.3, 0.4) is 0 Å². The van der Waals surface area contributed by atoms with Crippen molar-refractivity contribution in [3.8, 4) is 0 Å². The van der Waals surface area contributed by atoms with Gasteiger partial charge in [0.25, 0.3) is 0 Å². The van der Waals surface area contributed by atoms with E-state index in [0.717, 1.165) is 0 Å². The van der Waals surface area contributed by atoms with Gasteiger partial charge in [-0.3, -0.25) is 13.6 Å². The molecule has 24 heavy (non-hydrogen) atoms. The predicted molar refractivity (Wildman–Crippen MR) is 94.8 cm³/mol. The lowest BCUT2D eigenvalue weighted by Crippen LogP contribution is -2.28. The van der Waals surface area contributed by atoms with Crippen molar-refractivity contribution in [3.63, 3.8) is 0 Å². The highest BCUT2D eigenvalue weighted by molar-refractivity contribution is 7.56. The highest BCUT2D eigenvalue weighted by Crippen LogP contribution is 2.58. The number of rotatable bonds is 11. The fraction of sp³-hybridized carbons (Fsp3) is 0.929. The van der Waals surface area contributed by atoms with Crippen LogP contribution in [-0.2, 0) is 32.0 Å². The van der Waals surface area contributed by atoms with Crippen LogP contribution in [-0.4, -0.2) is 44.6 Å². The summed E-state index contributed by atoms with van der Waals surface area (Å²) in [5.41, 5.74) is -0.819. The lowest BCUT2D eigenvalue weighted by atomic mass is 10.3. The van der Waals surface area contributed by atoms with Crippen molar-refractivity contribution < 1.29 is 32.0 Å². The summed E-state index contributed by atoms with van der Waals surface area (Å²) in [6, 6.07) is 0. The number of hydrogen-bond acceptors (Lipinski definition) is 7. The van der Waals surface area contributed by atoms with Crippen molar-refractivity contribution in [1.29, 1.82) is 0 Å². The van der Waals surface area contributed by atoms with Gasteiger partial charge in [-0.25, -0.2) is 4.57 Å². The summed E-state index contributed by atoms with van der Waals surface area (Å²) in [4.78, 5) is 0. The first kappa shape index (κ1) is 23.8.